The highest BCUT2D eigenvalue weighted by Gasteiger charge is 2.60. The third-order valence-corrected chi connectivity index (χ3v) is 19.8. The van der Waals surface area contributed by atoms with Crippen molar-refractivity contribution < 1.29 is 68.4 Å². The van der Waals surface area contributed by atoms with Crippen LogP contribution in [0.5, 0.6) is 5.75 Å². The third-order valence-electron chi connectivity index (χ3n) is 16.3. The molecule has 0 amide bonds. The lowest BCUT2D eigenvalue weighted by Crippen LogP contribution is -2.54. The number of halogens is 3. The smallest absolute Gasteiger partial charge is 0.496 e. The van der Waals surface area contributed by atoms with Crippen molar-refractivity contribution in [2.24, 2.45) is 5.92 Å². The van der Waals surface area contributed by atoms with Gasteiger partial charge in [-0.25, -0.2) is 0 Å². The summed E-state index contributed by atoms with van der Waals surface area (Å²) in [4.78, 5) is 0. The van der Waals surface area contributed by atoms with Crippen molar-refractivity contribution in [3.8, 4) is 16.9 Å². The van der Waals surface area contributed by atoms with Crippen molar-refractivity contribution in [3.05, 3.63) is 164 Å². The molecule has 81 heavy (non-hydrogen) atoms. The molecule has 2 spiro atoms. The zero-order chi connectivity index (χ0) is 57.1. The third kappa shape index (κ3) is 12.3. The first kappa shape index (κ1) is 58.7. The number of benzene rings is 6. The molecule has 6 aromatic rings. The lowest BCUT2D eigenvalue weighted by atomic mass is 9.84. The maximum absolute atomic E-state index is 12.4. The van der Waals surface area contributed by atoms with Gasteiger partial charge in [-0.05, 0) is 96.0 Å². The molecule has 0 N–H and O–H groups in total. The van der Waals surface area contributed by atoms with E-state index in [2.05, 4.69) is 157 Å². The van der Waals surface area contributed by atoms with Crippen LogP contribution in [0.25, 0.3) is 32.7 Å². The molecule has 0 radical (unpaired) electrons. The highest BCUT2D eigenvalue weighted by Crippen LogP contribution is 2.50. The van der Waals surface area contributed by atoms with Gasteiger partial charge >= 0.3 is 15.6 Å². The number of ether oxygens (including phenoxy) is 9. The molecule has 11 atom stereocenters. The van der Waals surface area contributed by atoms with Crippen LogP contribution in [-0.4, -0.2) is 109 Å². The maximum Gasteiger partial charge on any atom is 0.534 e. The minimum absolute atomic E-state index is 0.0125. The van der Waals surface area contributed by atoms with E-state index in [-0.39, 0.29) is 54.9 Å². The number of methoxy groups -OCH3 is 3. The Morgan fingerprint density at radius 1 is 0.691 bits per heavy atom. The van der Waals surface area contributed by atoms with Gasteiger partial charge < -0.3 is 46.8 Å². The highest BCUT2D eigenvalue weighted by atomic mass is 32.2. The summed E-state index contributed by atoms with van der Waals surface area (Å²) in [7, 11) is -1.53. The summed E-state index contributed by atoms with van der Waals surface area (Å²) in [5, 5.41) is 8.92. The fraction of sp³-hybridized carbons (Fsp3) is 0.422. The number of hydrogen-bond acceptors (Lipinski definition) is 12. The largest absolute Gasteiger partial charge is 0.534 e. The number of hydrogen-bond donors (Lipinski definition) is 0. The van der Waals surface area contributed by atoms with E-state index >= 15 is 0 Å². The number of fused-ring (bicyclic) bond motifs is 4. The summed E-state index contributed by atoms with van der Waals surface area (Å²) in [5.41, 5.74) is 0.166. The van der Waals surface area contributed by atoms with Gasteiger partial charge in [0.25, 0.3) is 0 Å². The SMILES string of the molecule is C=C(OS(=O)(=O)C(F)(F)F)C(C)CC1CC[C@@H]2O[C@@H]3C[C@]2(CO[C@H]3OC)O1.C=C=C(C)CC1CC[C@@H]2O[C@@H]3C[C@]2(CO[C@H]3OC)O1.COc1ccc2ccccc2c1-c1c(P(c2ccccc2)c2ccccc2)ccc2ccccc12. The van der Waals surface area contributed by atoms with Crippen LogP contribution in [0, 0.1) is 5.92 Å². The first-order valence-corrected chi connectivity index (χ1v) is 30.2. The van der Waals surface area contributed by atoms with Crippen molar-refractivity contribution in [2.45, 2.75) is 131 Å². The van der Waals surface area contributed by atoms with Gasteiger partial charge in [0.2, 0.25) is 0 Å². The van der Waals surface area contributed by atoms with E-state index in [1.54, 1.807) is 28.3 Å². The Morgan fingerprint density at radius 3 is 1.70 bits per heavy atom. The monoisotopic (exact) mass is 1150 g/mol. The van der Waals surface area contributed by atoms with Gasteiger partial charge in [-0.2, -0.15) is 21.6 Å². The molecule has 430 valence electrons. The molecule has 3 unspecified atom stereocenters. The molecular formula is C64H70F3O12PS. The quantitative estimate of drug-likeness (QED) is 0.0339. The van der Waals surface area contributed by atoms with Crippen LogP contribution >= 0.6 is 7.92 Å². The molecule has 0 aromatic heterocycles. The predicted molar refractivity (Wildman–Crippen MR) is 308 cm³/mol. The van der Waals surface area contributed by atoms with Crippen molar-refractivity contribution in [3.63, 3.8) is 0 Å². The second-order valence-electron chi connectivity index (χ2n) is 21.6. The normalized spacial score (nSPS) is 27.8. The number of alkyl halides is 3. The molecule has 0 saturated carbocycles. The zero-order valence-electron chi connectivity index (χ0n) is 46.3. The van der Waals surface area contributed by atoms with Crippen LogP contribution in [0.2, 0.25) is 0 Å². The van der Waals surface area contributed by atoms with Crippen LogP contribution in [-0.2, 0) is 52.2 Å². The summed E-state index contributed by atoms with van der Waals surface area (Å²) in [6, 6.07) is 48.0. The average molecular weight is 1150 g/mol. The van der Waals surface area contributed by atoms with Crippen LogP contribution in [0.3, 0.4) is 0 Å². The Labute approximate surface area is 474 Å². The molecule has 12 nitrogen and oxygen atoms in total. The summed E-state index contributed by atoms with van der Waals surface area (Å²) in [5.74, 6) is -0.206. The standard InChI is InChI=1S/C33H25OP.C16H23F3O7S.C15H22O4/c1-34-30-22-20-24-12-8-10-18-28(24)32(30)33-29-19-11-9-13-25(29)21-23-31(33)35(26-14-4-2-5-15-26)27-16-6-3-7-17-27;1-9(10(2)26-27(20,21)16(17,18)19)6-11-4-5-13-15(25-11)7-12(24-13)14(22-3)23-8-15;1-4-10(2)7-11-5-6-13-15(19-11)8-12(18-13)14(16-3)17-9-15/h2-23H,1H3;9,11-14H,2,4-8H2,1,3H3;11-14H,1,5-9H2,2-3H3/t;9?,11?,12-,13+,14-,15-;11?,12-,13+,14-,15-/m.11/s1. The average Bonchev–Trinajstić information content (AvgIpc) is 4.19. The van der Waals surface area contributed by atoms with E-state index in [0.717, 1.165) is 42.6 Å². The first-order valence-electron chi connectivity index (χ1n) is 27.5. The van der Waals surface area contributed by atoms with E-state index in [0.29, 0.717) is 32.5 Å². The van der Waals surface area contributed by atoms with Crippen molar-refractivity contribution in [1.29, 1.82) is 0 Å². The van der Waals surface area contributed by atoms with Gasteiger partial charge in [-0.1, -0.05) is 147 Å². The summed E-state index contributed by atoms with van der Waals surface area (Å²) < 4.78 is 116. The first-order chi connectivity index (χ1) is 39.0. The molecule has 6 fully saturated rings. The number of allylic oxidation sites excluding steroid dienone is 1. The summed E-state index contributed by atoms with van der Waals surface area (Å²) in [6.45, 7) is 11.5. The van der Waals surface area contributed by atoms with E-state index in [9.17, 15) is 21.6 Å². The molecule has 0 aliphatic carbocycles. The van der Waals surface area contributed by atoms with Crippen molar-refractivity contribution in [2.75, 3.05) is 34.5 Å². The predicted octanol–water partition coefficient (Wildman–Crippen LogP) is 12.1. The van der Waals surface area contributed by atoms with Crippen molar-refractivity contribution in [1.82, 2.24) is 0 Å². The Kier molecular flexibility index (Phi) is 18.0. The zero-order valence-corrected chi connectivity index (χ0v) is 48.0. The Morgan fingerprint density at radius 2 is 1.19 bits per heavy atom. The fourth-order valence-electron chi connectivity index (χ4n) is 12.4. The van der Waals surface area contributed by atoms with Crippen LogP contribution in [0.15, 0.2) is 164 Å². The molecule has 6 saturated heterocycles. The van der Waals surface area contributed by atoms with Gasteiger partial charge in [-0.15, -0.1) is 5.73 Å². The fourth-order valence-corrected chi connectivity index (χ4v) is 15.4. The van der Waals surface area contributed by atoms with E-state index < -0.39 is 47.1 Å². The van der Waals surface area contributed by atoms with E-state index in [4.69, 9.17) is 42.6 Å². The van der Waals surface area contributed by atoms with Gasteiger partial charge in [0.15, 0.2) is 12.6 Å². The van der Waals surface area contributed by atoms with Gasteiger partial charge in [-0.3, -0.25) is 0 Å². The van der Waals surface area contributed by atoms with E-state index in [1.165, 1.54) is 43.0 Å². The molecular weight excluding hydrogens is 1080 g/mol. The number of rotatable bonds is 14. The molecule has 6 aromatic carbocycles. The second kappa shape index (κ2) is 24.8. The van der Waals surface area contributed by atoms with Gasteiger partial charge in [0, 0.05) is 50.5 Å². The molecule has 12 rings (SSSR count). The molecule has 6 aliphatic heterocycles. The lowest BCUT2D eigenvalue weighted by molar-refractivity contribution is -0.231. The molecule has 6 aliphatic rings. The minimum Gasteiger partial charge on any atom is -0.496 e. The van der Waals surface area contributed by atoms with Crippen LogP contribution < -0.4 is 20.7 Å². The van der Waals surface area contributed by atoms with Crippen LogP contribution in [0.4, 0.5) is 13.2 Å². The van der Waals surface area contributed by atoms with Gasteiger partial charge in [0.1, 0.15) is 34.9 Å². The van der Waals surface area contributed by atoms with Crippen molar-refractivity contribution >= 4 is 55.5 Å². The molecule has 17 heteroatoms. The lowest BCUT2D eigenvalue weighted by Gasteiger charge is -2.43. The topological polar surface area (TPSA) is 126 Å². The van der Waals surface area contributed by atoms with E-state index in [1.807, 2.05) is 6.92 Å². The summed E-state index contributed by atoms with van der Waals surface area (Å²) >= 11 is 0. The Balaban J connectivity index is 0.000000143. The molecule has 6 heterocycles. The molecule has 4 bridgehead atoms. The van der Waals surface area contributed by atoms with Crippen LogP contribution in [0.1, 0.15) is 65.2 Å². The Hall–Kier alpha value is -5.45. The maximum atomic E-state index is 12.4. The Bertz CT molecular complexity index is 3300. The summed E-state index contributed by atoms with van der Waals surface area (Å²) in [6.07, 6.45) is 5.13. The van der Waals surface area contributed by atoms with Gasteiger partial charge in [0.05, 0.1) is 44.7 Å². The second-order valence-corrected chi connectivity index (χ2v) is 25.4. The highest BCUT2D eigenvalue weighted by molar-refractivity contribution is 7.87. The minimum atomic E-state index is -5.72.